The van der Waals surface area contributed by atoms with Crippen molar-refractivity contribution in [3.63, 3.8) is 0 Å². The van der Waals surface area contributed by atoms with Gasteiger partial charge in [-0.25, -0.2) is 17.2 Å². The summed E-state index contributed by atoms with van der Waals surface area (Å²) in [6.45, 7) is 1.45. The van der Waals surface area contributed by atoms with Crippen LogP contribution in [0.1, 0.15) is 18.1 Å². The number of aryl methyl sites for hydroxylation is 1. The molecule has 2 heterocycles. The zero-order chi connectivity index (χ0) is 23.2. The molecule has 0 unspecified atom stereocenters. The van der Waals surface area contributed by atoms with E-state index in [2.05, 4.69) is 9.82 Å². The Morgan fingerprint density at radius 2 is 1.69 bits per heavy atom. The lowest BCUT2D eigenvalue weighted by atomic mass is 9.93. The molecule has 0 aliphatic carbocycles. The lowest BCUT2D eigenvalue weighted by Crippen LogP contribution is -2.19. The second-order valence-corrected chi connectivity index (χ2v) is 9.39. The van der Waals surface area contributed by atoms with Gasteiger partial charge in [0.15, 0.2) is 0 Å². The van der Waals surface area contributed by atoms with Crippen LogP contribution < -0.4 is 15.3 Å². The maximum absolute atomic E-state index is 15.0. The molecule has 0 amide bonds. The third-order valence-corrected chi connectivity index (χ3v) is 6.51. The minimum atomic E-state index is -3.73. The van der Waals surface area contributed by atoms with E-state index in [1.54, 1.807) is 20.3 Å². The number of pyridine rings is 1. The van der Waals surface area contributed by atoms with Crippen LogP contribution in [0.5, 0.6) is 0 Å². The SMILES string of the molecule is CCS(=O)(=O)Nc1cc2c(cc1F)C(c1ccc(F)cc1)=NN(C)c1cc(=O)n(C)cc1-2. The van der Waals surface area contributed by atoms with Gasteiger partial charge < -0.3 is 4.57 Å². The Balaban J connectivity index is 2.04. The minimum absolute atomic E-state index is 0.214. The Morgan fingerprint density at radius 3 is 2.34 bits per heavy atom. The maximum Gasteiger partial charge on any atom is 0.252 e. The first-order chi connectivity index (χ1) is 15.1. The predicted octanol–water partition coefficient (Wildman–Crippen LogP) is 3.29. The second kappa shape index (κ2) is 7.86. The number of nitrogens with one attached hydrogen (secondary N) is 1. The van der Waals surface area contributed by atoms with Gasteiger partial charge in [-0.05, 0) is 48.9 Å². The third kappa shape index (κ3) is 3.89. The van der Waals surface area contributed by atoms with E-state index in [-0.39, 0.29) is 17.0 Å². The average Bonchev–Trinajstić information content (AvgIpc) is 2.85. The molecule has 10 heteroatoms. The molecule has 0 fully saturated rings. The van der Waals surface area contributed by atoms with Crippen molar-refractivity contribution in [2.24, 2.45) is 12.1 Å². The van der Waals surface area contributed by atoms with E-state index in [1.807, 2.05) is 0 Å². The largest absolute Gasteiger partial charge is 0.318 e. The number of aromatic nitrogens is 1. The number of halogens is 2. The molecule has 166 valence electrons. The first-order valence-electron chi connectivity index (χ1n) is 9.73. The van der Waals surface area contributed by atoms with Crippen LogP contribution in [0.25, 0.3) is 11.1 Å². The molecule has 2 aromatic carbocycles. The Bertz CT molecular complexity index is 1410. The molecule has 0 atom stereocenters. The molecule has 0 spiro atoms. The van der Waals surface area contributed by atoms with E-state index in [0.29, 0.717) is 33.7 Å². The molecule has 4 rings (SSSR count). The molecule has 1 aliphatic rings. The highest BCUT2D eigenvalue weighted by Gasteiger charge is 2.26. The number of hydrogen-bond acceptors (Lipinski definition) is 5. The van der Waals surface area contributed by atoms with Gasteiger partial charge in [0.2, 0.25) is 10.0 Å². The van der Waals surface area contributed by atoms with Gasteiger partial charge in [-0.1, -0.05) is 0 Å². The molecular weight excluding hydrogens is 438 g/mol. The fourth-order valence-electron chi connectivity index (χ4n) is 3.48. The van der Waals surface area contributed by atoms with Gasteiger partial charge >= 0.3 is 0 Å². The summed E-state index contributed by atoms with van der Waals surface area (Å²) >= 11 is 0. The van der Waals surface area contributed by atoms with Crippen molar-refractivity contribution in [1.29, 1.82) is 0 Å². The van der Waals surface area contributed by atoms with Crippen LogP contribution in [0.15, 0.2) is 58.6 Å². The highest BCUT2D eigenvalue weighted by Crippen LogP contribution is 2.38. The van der Waals surface area contributed by atoms with Gasteiger partial charge in [0, 0.05) is 43.0 Å². The summed E-state index contributed by atoms with van der Waals surface area (Å²) in [4.78, 5) is 12.3. The molecule has 0 saturated heterocycles. The second-order valence-electron chi connectivity index (χ2n) is 7.38. The monoisotopic (exact) mass is 458 g/mol. The highest BCUT2D eigenvalue weighted by molar-refractivity contribution is 7.92. The third-order valence-electron chi connectivity index (χ3n) is 5.22. The Hall–Kier alpha value is -3.53. The van der Waals surface area contributed by atoms with Crippen LogP contribution in [-0.4, -0.2) is 31.5 Å². The molecule has 1 N–H and O–H groups in total. The van der Waals surface area contributed by atoms with Gasteiger partial charge in [-0.2, -0.15) is 5.10 Å². The zero-order valence-electron chi connectivity index (χ0n) is 17.6. The van der Waals surface area contributed by atoms with Crippen molar-refractivity contribution in [3.05, 3.63) is 81.8 Å². The Labute approximate surface area is 183 Å². The molecule has 7 nitrogen and oxygen atoms in total. The molecule has 32 heavy (non-hydrogen) atoms. The van der Waals surface area contributed by atoms with Crippen LogP contribution >= 0.6 is 0 Å². The lowest BCUT2D eigenvalue weighted by molar-refractivity contribution is 0.599. The van der Waals surface area contributed by atoms with E-state index in [1.165, 1.54) is 59.0 Å². The van der Waals surface area contributed by atoms with E-state index in [4.69, 9.17) is 0 Å². The summed E-state index contributed by atoms with van der Waals surface area (Å²) in [7, 11) is -0.506. The van der Waals surface area contributed by atoms with Gasteiger partial charge in [0.05, 0.1) is 22.8 Å². The fraction of sp³-hybridized carbons (Fsp3) is 0.182. The zero-order valence-corrected chi connectivity index (χ0v) is 18.4. The quantitative estimate of drug-likeness (QED) is 0.650. The first-order valence-corrected chi connectivity index (χ1v) is 11.4. The predicted molar refractivity (Wildman–Crippen MR) is 121 cm³/mol. The molecule has 0 saturated carbocycles. The number of sulfonamides is 1. The fourth-order valence-corrected chi connectivity index (χ4v) is 4.12. The van der Waals surface area contributed by atoms with E-state index in [9.17, 15) is 17.6 Å². The molecule has 0 radical (unpaired) electrons. The van der Waals surface area contributed by atoms with E-state index < -0.39 is 21.7 Å². The number of fused-ring (bicyclic) bond motifs is 3. The van der Waals surface area contributed by atoms with Crippen LogP contribution in [-0.2, 0) is 17.1 Å². The van der Waals surface area contributed by atoms with Crippen molar-refractivity contribution in [3.8, 4) is 11.1 Å². The summed E-state index contributed by atoms with van der Waals surface area (Å²) < 4.78 is 56.3. The van der Waals surface area contributed by atoms with Crippen molar-refractivity contribution in [2.45, 2.75) is 6.92 Å². The van der Waals surface area contributed by atoms with Crippen molar-refractivity contribution in [2.75, 3.05) is 22.5 Å². The summed E-state index contributed by atoms with van der Waals surface area (Å²) in [5.41, 5.74) is 2.25. The summed E-state index contributed by atoms with van der Waals surface area (Å²) in [5, 5.41) is 6.05. The van der Waals surface area contributed by atoms with Crippen molar-refractivity contribution >= 4 is 27.1 Å². The highest BCUT2D eigenvalue weighted by atomic mass is 32.2. The Morgan fingerprint density at radius 1 is 1.00 bits per heavy atom. The molecule has 1 aliphatic heterocycles. The van der Waals surface area contributed by atoms with Gasteiger partial charge in [-0.3, -0.25) is 14.5 Å². The van der Waals surface area contributed by atoms with Crippen molar-refractivity contribution in [1.82, 2.24) is 4.57 Å². The normalized spacial score (nSPS) is 13.2. The van der Waals surface area contributed by atoms with E-state index >= 15 is 4.39 Å². The van der Waals surface area contributed by atoms with Crippen LogP contribution in [0.3, 0.4) is 0 Å². The van der Waals surface area contributed by atoms with Crippen LogP contribution in [0, 0.1) is 11.6 Å². The van der Waals surface area contributed by atoms with Gasteiger partial charge in [0.25, 0.3) is 5.56 Å². The number of rotatable bonds is 4. The molecule has 1 aromatic heterocycles. The summed E-state index contributed by atoms with van der Waals surface area (Å²) in [6, 6.07) is 9.56. The number of anilines is 2. The number of hydrazone groups is 1. The average molecular weight is 458 g/mol. The number of hydrogen-bond donors (Lipinski definition) is 1. The summed E-state index contributed by atoms with van der Waals surface area (Å²) in [6.07, 6.45) is 1.59. The lowest BCUT2D eigenvalue weighted by Gasteiger charge is -2.17. The minimum Gasteiger partial charge on any atom is -0.318 e. The topological polar surface area (TPSA) is 83.8 Å². The standard InChI is InChI=1S/C22H20F2N4O3S/c1-4-32(30,31)26-19-10-15-16(9-18(19)24)22(13-5-7-14(23)8-6-13)25-28(3)20-11-21(29)27(2)12-17(15)20/h5-12,26H,4H2,1-3H3. The molecule has 0 bridgehead atoms. The van der Waals surface area contributed by atoms with Gasteiger partial charge in [0.1, 0.15) is 11.6 Å². The van der Waals surface area contributed by atoms with Crippen LogP contribution in [0.2, 0.25) is 0 Å². The molecular formula is C22H20F2N4O3S. The molecule has 3 aromatic rings. The number of nitrogens with zero attached hydrogens (tertiary/aromatic N) is 3. The number of benzene rings is 2. The Kier molecular flexibility index (Phi) is 5.33. The summed E-state index contributed by atoms with van der Waals surface area (Å²) in [5.74, 6) is -1.44. The maximum atomic E-state index is 15.0. The van der Waals surface area contributed by atoms with Crippen molar-refractivity contribution < 1.29 is 17.2 Å². The first kappa shape index (κ1) is 21.7. The van der Waals surface area contributed by atoms with Gasteiger partial charge in [-0.15, -0.1) is 0 Å². The smallest absolute Gasteiger partial charge is 0.252 e. The van der Waals surface area contributed by atoms with Crippen LogP contribution in [0.4, 0.5) is 20.2 Å². The van der Waals surface area contributed by atoms with E-state index in [0.717, 1.165) is 0 Å².